The summed E-state index contributed by atoms with van der Waals surface area (Å²) >= 11 is 0. The Morgan fingerprint density at radius 3 is 1.80 bits per heavy atom. The molecular weight excluding hydrogens is 542 g/mol. The summed E-state index contributed by atoms with van der Waals surface area (Å²) in [7, 11) is 0. The second-order valence-corrected chi connectivity index (χ2v) is 10.8. The first-order valence-electron chi connectivity index (χ1n) is 15.1. The van der Waals surface area contributed by atoms with Gasteiger partial charge in [-0.3, -0.25) is 4.79 Å². The van der Waals surface area contributed by atoms with E-state index in [4.69, 9.17) is 10.3 Å². The van der Waals surface area contributed by atoms with Gasteiger partial charge in [0.15, 0.2) is 5.82 Å². The molecular formula is C38H35N5O. The zero-order valence-electron chi connectivity index (χ0n) is 24.8. The summed E-state index contributed by atoms with van der Waals surface area (Å²) in [6.07, 6.45) is 2.38. The zero-order valence-corrected chi connectivity index (χ0v) is 24.8. The van der Waals surface area contributed by atoms with E-state index in [0.717, 1.165) is 51.8 Å². The van der Waals surface area contributed by atoms with Crippen LogP contribution in [-0.4, -0.2) is 26.1 Å². The molecule has 6 aromatic rings. The summed E-state index contributed by atoms with van der Waals surface area (Å²) in [6, 6.07) is 47.7. The van der Waals surface area contributed by atoms with E-state index in [-0.39, 0.29) is 5.91 Å². The molecule has 6 nitrogen and oxygen atoms in total. The number of benzene rings is 5. The standard InChI is InChI=1S/C38H35N5O/c1-2-3-24-36(44)39-28-29-25-26-34(30-16-8-4-9-17-30)35(27-29)37-40-41-42-43(37)38(31-18-10-5-11-19-31,32-20-12-6-13-21-32)33-22-14-7-15-23-33/h4-23,25-27H,2-3,24,28H2,1H3,(H,39,44). The molecule has 0 spiro atoms. The molecule has 1 aromatic heterocycles. The second kappa shape index (κ2) is 13.3. The minimum atomic E-state index is -0.874. The molecule has 0 atom stereocenters. The number of rotatable bonds is 11. The molecule has 0 aliphatic rings. The van der Waals surface area contributed by atoms with Gasteiger partial charge >= 0.3 is 0 Å². The average molecular weight is 578 g/mol. The van der Waals surface area contributed by atoms with E-state index in [1.807, 2.05) is 41.1 Å². The third-order valence-corrected chi connectivity index (χ3v) is 8.02. The van der Waals surface area contributed by atoms with Gasteiger partial charge in [0.25, 0.3) is 0 Å². The van der Waals surface area contributed by atoms with Crippen LogP contribution in [0.1, 0.15) is 48.4 Å². The number of unbranched alkanes of at least 4 members (excludes halogenated alkanes) is 1. The molecule has 0 aliphatic carbocycles. The normalized spacial score (nSPS) is 11.3. The van der Waals surface area contributed by atoms with Crippen molar-refractivity contribution in [3.63, 3.8) is 0 Å². The van der Waals surface area contributed by atoms with Gasteiger partial charge in [-0.2, -0.15) is 0 Å². The lowest BCUT2D eigenvalue weighted by molar-refractivity contribution is -0.121. The number of carbonyl (C=O) groups is 1. The van der Waals surface area contributed by atoms with E-state index >= 15 is 0 Å². The number of aromatic nitrogens is 4. The lowest BCUT2D eigenvalue weighted by Crippen LogP contribution is -2.39. The van der Waals surface area contributed by atoms with E-state index in [1.165, 1.54) is 0 Å². The number of nitrogens with one attached hydrogen (secondary N) is 1. The van der Waals surface area contributed by atoms with E-state index < -0.39 is 5.54 Å². The zero-order chi connectivity index (χ0) is 30.2. The fourth-order valence-corrected chi connectivity index (χ4v) is 5.87. The molecule has 1 amide bonds. The maximum Gasteiger partial charge on any atom is 0.220 e. The highest BCUT2D eigenvalue weighted by molar-refractivity contribution is 5.82. The van der Waals surface area contributed by atoms with Crippen molar-refractivity contribution in [2.45, 2.75) is 38.3 Å². The number of carbonyl (C=O) groups excluding carboxylic acids is 1. The van der Waals surface area contributed by atoms with Gasteiger partial charge in [0.1, 0.15) is 5.54 Å². The van der Waals surface area contributed by atoms with Crippen LogP contribution in [0.25, 0.3) is 22.5 Å². The van der Waals surface area contributed by atoms with Crippen molar-refractivity contribution < 1.29 is 4.79 Å². The Morgan fingerprint density at radius 1 is 0.705 bits per heavy atom. The number of hydrogen-bond donors (Lipinski definition) is 1. The minimum Gasteiger partial charge on any atom is -0.352 e. The maximum absolute atomic E-state index is 12.5. The number of amides is 1. The number of nitrogens with zero attached hydrogens (tertiary/aromatic N) is 4. The Hall–Kier alpha value is -5.36. The number of hydrogen-bond acceptors (Lipinski definition) is 4. The molecule has 0 radical (unpaired) electrons. The average Bonchev–Trinajstić information content (AvgIpc) is 3.59. The summed E-state index contributed by atoms with van der Waals surface area (Å²) in [5.74, 6) is 0.682. The highest BCUT2D eigenvalue weighted by Gasteiger charge is 2.42. The SMILES string of the molecule is CCCCC(=O)NCc1ccc(-c2ccccc2)c(-c2nnnn2C(c2ccccc2)(c2ccccc2)c2ccccc2)c1. The van der Waals surface area contributed by atoms with Crippen LogP contribution in [0, 0.1) is 0 Å². The maximum atomic E-state index is 12.5. The molecule has 1 heterocycles. The third-order valence-electron chi connectivity index (χ3n) is 8.02. The summed E-state index contributed by atoms with van der Waals surface area (Å²) < 4.78 is 1.96. The second-order valence-electron chi connectivity index (χ2n) is 10.8. The largest absolute Gasteiger partial charge is 0.352 e. The summed E-state index contributed by atoms with van der Waals surface area (Å²) in [5, 5.41) is 16.9. The smallest absolute Gasteiger partial charge is 0.220 e. The van der Waals surface area contributed by atoms with E-state index in [9.17, 15) is 4.79 Å². The van der Waals surface area contributed by atoms with Crippen molar-refractivity contribution in [2.24, 2.45) is 0 Å². The third kappa shape index (κ3) is 5.66. The molecule has 0 saturated heterocycles. The van der Waals surface area contributed by atoms with Gasteiger partial charge < -0.3 is 5.32 Å². The molecule has 0 unspecified atom stereocenters. The van der Waals surface area contributed by atoms with Crippen LogP contribution >= 0.6 is 0 Å². The van der Waals surface area contributed by atoms with Crippen LogP contribution in [0.15, 0.2) is 140 Å². The highest BCUT2D eigenvalue weighted by atomic mass is 16.1. The molecule has 218 valence electrons. The Kier molecular flexibility index (Phi) is 8.69. The molecule has 6 heteroatoms. The Morgan fingerprint density at radius 2 is 1.25 bits per heavy atom. The predicted molar refractivity (Wildman–Crippen MR) is 175 cm³/mol. The van der Waals surface area contributed by atoms with Crippen molar-refractivity contribution in [1.82, 2.24) is 25.5 Å². The summed E-state index contributed by atoms with van der Waals surface area (Å²) in [5.41, 5.74) is 6.15. The van der Waals surface area contributed by atoms with E-state index in [1.54, 1.807) is 0 Å². The van der Waals surface area contributed by atoms with Gasteiger partial charge in [0.05, 0.1) is 0 Å². The molecule has 5 aromatic carbocycles. The lowest BCUT2D eigenvalue weighted by atomic mass is 9.77. The molecule has 0 saturated carbocycles. The van der Waals surface area contributed by atoms with Crippen LogP contribution in [-0.2, 0) is 16.9 Å². The van der Waals surface area contributed by atoms with Gasteiger partial charge in [-0.05, 0) is 56.3 Å². The monoisotopic (exact) mass is 577 g/mol. The van der Waals surface area contributed by atoms with Crippen LogP contribution in [0.2, 0.25) is 0 Å². The quantitative estimate of drug-likeness (QED) is 0.161. The highest BCUT2D eigenvalue weighted by Crippen LogP contribution is 2.43. The topological polar surface area (TPSA) is 72.7 Å². The Balaban J connectivity index is 1.59. The first-order valence-corrected chi connectivity index (χ1v) is 15.1. The first kappa shape index (κ1) is 28.7. The lowest BCUT2D eigenvalue weighted by Gasteiger charge is -2.36. The van der Waals surface area contributed by atoms with Crippen LogP contribution in [0.3, 0.4) is 0 Å². The fourth-order valence-electron chi connectivity index (χ4n) is 5.87. The Labute approximate surface area is 258 Å². The molecule has 0 fully saturated rings. The molecule has 1 N–H and O–H groups in total. The van der Waals surface area contributed by atoms with E-state index in [0.29, 0.717) is 18.8 Å². The summed E-state index contributed by atoms with van der Waals surface area (Å²) in [4.78, 5) is 12.5. The van der Waals surface area contributed by atoms with Crippen molar-refractivity contribution in [3.8, 4) is 22.5 Å². The predicted octanol–water partition coefficient (Wildman–Crippen LogP) is 7.65. The molecule has 0 bridgehead atoms. The van der Waals surface area contributed by atoms with Gasteiger partial charge in [-0.1, -0.05) is 147 Å². The van der Waals surface area contributed by atoms with Crippen LogP contribution in [0.5, 0.6) is 0 Å². The van der Waals surface area contributed by atoms with Crippen molar-refractivity contribution >= 4 is 5.91 Å². The van der Waals surface area contributed by atoms with Gasteiger partial charge in [-0.25, -0.2) is 4.68 Å². The Bertz CT molecular complexity index is 1710. The molecule has 6 rings (SSSR count). The van der Waals surface area contributed by atoms with Crippen LogP contribution in [0.4, 0.5) is 0 Å². The van der Waals surface area contributed by atoms with Crippen LogP contribution < -0.4 is 5.32 Å². The van der Waals surface area contributed by atoms with Gasteiger partial charge in [-0.15, -0.1) is 5.10 Å². The minimum absolute atomic E-state index is 0.0571. The van der Waals surface area contributed by atoms with Crippen molar-refractivity contribution in [2.75, 3.05) is 0 Å². The molecule has 44 heavy (non-hydrogen) atoms. The molecule has 0 aliphatic heterocycles. The first-order chi connectivity index (χ1) is 21.7. The number of tetrazole rings is 1. The van der Waals surface area contributed by atoms with Crippen molar-refractivity contribution in [3.05, 3.63) is 162 Å². The van der Waals surface area contributed by atoms with E-state index in [2.05, 4.69) is 121 Å². The van der Waals surface area contributed by atoms with Crippen molar-refractivity contribution in [1.29, 1.82) is 0 Å². The van der Waals surface area contributed by atoms with Gasteiger partial charge in [0, 0.05) is 18.5 Å². The summed E-state index contributed by atoms with van der Waals surface area (Å²) in [6.45, 7) is 2.51. The van der Waals surface area contributed by atoms with Gasteiger partial charge in [0.2, 0.25) is 5.91 Å². The fraction of sp³-hybridized carbons (Fsp3) is 0.158.